The summed E-state index contributed by atoms with van der Waals surface area (Å²) in [6, 6.07) is 12.7. The number of esters is 1. The number of aliphatic hydroxyl groups is 3. The summed E-state index contributed by atoms with van der Waals surface area (Å²) in [6.07, 6.45) is 3.07. The molecular weight excluding hydrogens is 831 g/mol. The molecule has 3 fully saturated rings. The molecule has 13 heteroatoms. The van der Waals surface area contributed by atoms with Crippen LogP contribution < -0.4 is 4.74 Å². The predicted octanol–water partition coefficient (Wildman–Crippen LogP) is 7.06. The number of hydrogen-bond donors (Lipinski definition) is 3. The van der Waals surface area contributed by atoms with Crippen LogP contribution in [-0.4, -0.2) is 119 Å². The lowest BCUT2D eigenvalue weighted by molar-refractivity contribution is -0.302. The number of methoxy groups -OCH3 is 2. The molecule has 358 valence electrons. The molecule has 14 unspecified atom stereocenters. The van der Waals surface area contributed by atoms with E-state index in [0.717, 1.165) is 16.3 Å². The fourth-order valence-electron chi connectivity index (χ4n) is 10.7. The second-order valence-electron chi connectivity index (χ2n) is 19.5. The monoisotopic (exact) mass is 904 g/mol. The smallest absolute Gasteiger partial charge is 0.329 e. The number of piperidine rings is 1. The first kappa shape index (κ1) is 50.4. The molecule has 1 amide bonds. The lowest BCUT2D eigenvalue weighted by Gasteiger charge is -2.47. The van der Waals surface area contributed by atoms with Crippen molar-refractivity contribution in [2.45, 2.75) is 167 Å². The Morgan fingerprint density at radius 2 is 1.58 bits per heavy atom. The van der Waals surface area contributed by atoms with Gasteiger partial charge in [0.2, 0.25) is 5.79 Å². The number of cyclic esters (lactones) is 1. The Morgan fingerprint density at radius 3 is 2.29 bits per heavy atom. The van der Waals surface area contributed by atoms with Gasteiger partial charge in [-0.3, -0.25) is 14.4 Å². The lowest BCUT2D eigenvalue weighted by Crippen LogP contribution is -2.64. The van der Waals surface area contributed by atoms with E-state index in [-0.39, 0.29) is 43.4 Å². The van der Waals surface area contributed by atoms with Crippen molar-refractivity contribution >= 4 is 34.2 Å². The van der Waals surface area contributed by atoms with Crippen molar-refractivity contribution in [1.82, 2.24) is 4.90 Å². The normalized spacial score (nSPS) is 36.6. The van der Waals surface area contributed by atoms with Gasteiger partial charge in [0.15, 0.2) is 0 Å². The molecule has 1 saturated carbocycles. The highest BCUT2D eigenvalue weighted by Crippen LogP contribution is 2.40. The predicted molar refractivity (Wildman–Crippen MR) is 246 cm³/mol. The van der Waals surface area contributed by atoms with Gasteiger partial charge in [0.05, 0.1) is 24.4 Å². The molecule has 4 aliphatic rings. The van der Waals surface area contributed by atoms with E-state index in [0.29, 0.717) is 62.7 Å². The van der Waals surface area contributed by atoms with Crippen LogP contribution in [0.4, 0.5) is 0 Å². The first-order chi connectivity index (χ1) is 31.0. The van der Waals surface area contributed by atoms with Crippen LogP contribution in [0.25, 0.3) is 10.8 Å². The van der Waals surface area contributed by atoms with Crippen LogP contribution >= 0.6 is 0 Å². The van der Waals surface area contributed by atoms with Crippen LogP contribution in [-0.2, 0) is 38.1 Å². The summed E-state index contributed by atoms with van der Waals surface area (Å²) in [6.45, 7) is 11.2. The number of nitrogens with zero attached hydrogens (tertiary/aromatic N) is 1. The summed E-state index contributed by atoms with van der Waals surface area (Å²) in [4.78, 5) is 58.3. The number of ether oxygens (including phenoxy) is 5. The Bertz CT molecular complexity index is 2040. The molecule has 0 radical (unpaired) electrons. The highest BCUT2D eigenvalue weighted by Gasteiger charge is 2.56. The average molecular weight is 904 g/mol. The lowest BCUT2D eigenvalue weighted by atomic mass is 9.81. The minimum absolute atomic E-state index is 0.0232. The standard InChI is InChI=1S/C52H73NO12/c1-9-36-24-30(2)23-31(3)25-45(61-7)48-46(62-8)27-33(5)52(60,65-48)49(57)50(58)53-22-13-12-18-39(53)51(59)64-47(34(6)40(54)29-41(36)55)32(4)26-35-20-21-44(42(56)28-35)63-43-19-14-16-37-15-10-11-17-38(37)43/h10-11,14-17,19,24,26,31,33-36,39-40,42,44-48,54,56,60H,9,12-13,18,20-23,25,27-29H2,1-8H3. The third kappa shape index (κ3) is 11.6. The number of fused-ring (bicyclic) bond motifs is 4. The van der Waals surface area contributed by atoms with Crippen LogP contribution in [0, 0.1) is 29.6 Å². The van der Waals surface area contributed by atoms with Crippen LogP contribution in [0.1, 0.15) is 112 Å². The number of hydrogen-bond acceptors (Lipinski definition) is 12. The van der Waals surface area contributed by atoms with Crippen molar-refractivity contribution in [3.8, 4) is 5.75 Å². The van der Waals surface area contributed by atoms with Crippen LogP contribution in [0.2, 0.25) is 0 Å². The molecule has 0 aromatic heterocycles. The Morgan fingerprint density at radius 1 is 0.877 bits per heavy atom. The summed E-state index contributed by atoms with van der Waals surface area (Å²) in [7, 11) is 3.07. The maximum absolute atomic E-state index is 14.5. The molecule has 3 N–H and O–H groups in total. The van der Waals surface area contributed by atoms with E-state index in [9.17, 15) is 34.5 Å². The minimum Gasteiger partial charge on any atom is -0.487 e. The zero-order valence-corrected chi connectivity index (χ0v) is 39.7. The van der Waals surface area contributed by atoms with E-state index in [4.69, 9.17) is 23.7 Å². The largest absolute Gasteiger partial charge is 0.487 e. The Kier molecular flexibility index (Phi) is 17.2. The van der Waals surface area contributed by atoms with Gasteiger partial charge in [0.1, 0.15) is 35.9 Å². The molecule has 2 bridgehead atoms. The van der Waals surface area contributed by atoms with Crippen molar-refractivity contribution in [2.75, 3.05) is 20.8 Å². The molecule has 3 heterocycles. The van der Waals surface area contributed by atoms with E-state index < -0.39 is 90.0 Å². The molecule has 3 aliphatic heterocycles. The number of carbonyl (C=O) groups is 4. The Labute approximate surface area is 384 Å². The fraction of sp³-hybridized carbons (Fsp3) is 0.654. The number of allylic oxidation sites excluding steroid dienone is 3. The van der Waals surface area contributed by atoms with Gasteiger partial charge in [0, 0.05) is 50.3 Å². The summed E-state index contributed by atoms with van der Waals surface area (Å²) in [5.74, 6) is -7.05. The third-order valence-electron chi connectivity index (χ3n) is 14.6. The minimum atomic E-state index is -2.52. The van der Waals surface area contributed by atoms with Crippen molar-refractivity contribution in [3.05, 3.63) is 65.8 Å². The number of benzene rings is 2. The van der Waals surface area contributed by atoms with Gasteiger partial charge >= 0.3 is 5.97 Å². The van der Waals surface area contributed by atoms with E-state index in [1.54, 1.807) is 13.8 Å². The fourth-order valence-corrected chi connectivity index (χ4v) is 10.7. The quantitative estimate of drug-likeness (QED) is 0.147. The molecule has 2 saturated heterocycles. The maximum Gasteiger partial charge on any atom is 0.329 e. The molecule has 14 atom stereocenters. The summed E-state index contributed by atoms with van der Waals surface area (Å²) in [5.41, 5.74) is 1.62. The van der Waals surface area contributed by atoms with Gasteiger partial charge in [-0.2, -0.15) is 0 Å². The number of aliphatic hydroxyl groups excluding tert-OH is 2. The van der Waals surface area contributed by atoms with Gasteiger partial charge in [-0.1, -0.05) is 81.8 Å². The third-order valence-corrected chi connectivity index (χ3v) is 14.6. The summed E-state index contributed by atoms with van der Waals surface area (Å²) in [5, 5.41) is 37.4. The number of amides is 1. The van der Waals surface area contributed by atoms with Gasteiger partial charge in [-0.15, -0.1) is 0 Å². The van der Waals surface area contributed by atoms with E-state index >= 15 is 0 Å². The molecule has 13 nitrogen and oxygen atoms in total. The van der Waals surface area contributed by atoms with Gasteiger partial charge in [0.25, 0.3) is 11.7 Å². The molecule has 65 heavy (non-hydrogen) atoms. The first-order valence-electron chi connectivity index (χ1n) is 23.9. The second kappa shape index (κ2) is 22.2. The maximum atomic E-state index is 14.5. The molecule has 2 aromatic carbocycles. The van der Waals surface area contributed by atoms with E-state index in [2.05, 4.69) is 6.92 Å². The van der Waals surface area contributed by atoms with E-state index in [1.165, 1.54) is 19.1 Å². The number of rotatable bonds is 7. The summed E-state index contributed by atoms with van der Waals surface area (Å²) < 4.78 is 30.8. The zero-order valence-electron chi connectivity index (χ0n) is 39.7. The van der Waals surface area contributed by atoms with Crippen LogP contribution in [0.15, 0.2) is 65.8 Å². The van der Waals surface area contributed by atoms with Crippen molar-refractivity contribution < 1.29 is 58.2 Å². The van der Waals surface area contributed by atoms with E-state index in [1.807, 2.05) is 75.4 Å². The Balaban J connectivity index is 1.30. The molecule has 1 aliphatic carbocycles. The molecule has 2 aromatic rings. The molecule has 6 rings (SSSR count). The van der Waals surface area contributed by atoms with Gasteiger partial charge in [-0.05, 0) is 107 Å². The number of Topliss-reactive ketones (excluding diaryl/α,β-unsaturated/α-hetero) is 2. The second-order valence-corrected chi connectivity index (χ2v) is 19.5. The van der Waals surface area contributed by atoms with Crippen LogP contribution in [0.3, 0.4) is 0 Å². The van der Waals surface area contributed by atoms with Gasteiger partial charge < -0.3 is 43.9 Å². The number of ketones is 2. The Hall–Kier alpha value is -3.98. The van der Waals surface area contributed by atoms with Crippen molar-refractivity contribution in [3.63, 3.8) is 0 Å². The SMILES string of the molecule is CCC1C=C(C)CC(C)CC(OC)C2OC(O)(C(=O)C(=O)N3CCCCC3C(=O)OC(C(C)=CC3CCC(Oc4cccc5ccccc45)C(O)C3)C(C)C(O)CC1=O)C(C)CC2OC. The highest BCUT2D eigenvalue weighted by molar-refractivity contribution is 6.39. The average Bonchev–Trinajstić information content (AvgIpc) is 3.29. The molecule has 0 spiro atoms. The van der Waals surface area contributed by atoms with Gasteiger partial charge in [-0.25, -0.2) is 4.79 Å². The van der Waals surface area contributed by atoms with Crippen LogP contribution in [0.5, 0.6) is 5.75 Å². The van der Waals surface area contributed by atoms with Crippen molar-refractivity contribution in [2.24, 2.45) is 29.6 Å². The topological polar surface area (TPSA) is 178 Å². The highest BCUT2D eigenvalue weighted by atomic mass is 16.7. The number of carbonyl (C=O) groups excluding carboxylic acids is 4. The molecular formula is C52H73NO12. The summed E-state index contributed by atoms with van der Waals surface area (Å²) >= 11 is 0. The zero-order chi connectivity index (χ0) is 47.2. The first-order valence-corrected chi connectivity index (χ1v) is 23.9. The van der Waals surface area contributed by atoms with Crippen molar-refractivity contribution in [1.29, 1.82) is 0 Å².